The van der Waals surface area contributed by atoms with Crippen LogP contribution in [0.5, 0.6) is 0 Å². The van der Waals surface area contributed by atoms with Crippen molar-refractivity contribution in [2.75, 3.05) is 0 Å². The van der Waals surface area contributed by atoms with Crippen molar-refractivity contribution in [3.05, 3.63) is 58.1 Å². The quantitative estimate of drug-likeness (QED) is 0.418. The molecule has 6 nitrogen and oxygen atoms in total. The Bertz CT molecular complexity index is 1020. The Hall–Kier alpha value is -3.02. The number of rotatable bonds is 5. The molecule has 0 saturated heterocycles. The molecule has 0 saturated carbocycles. The predicted octanol–water partition coefficient (Wildman–Crippen LogP) is 5.65. The first-order valence-electron chi connectivity index (χ1n) is 9.27. The lowest BCUT2D eigenvalue weighted by atomic mass is 9.78. The van der Waals surface area contributed by atoms with Crippen LogP contribution in [0.15, 0.2) is 39.5 Å². The third kappa shape index (κ3) is 3.67. The molecule has 6 heteroatoms. The van der Waals surface area contributed by atoms with Gasteiger partial charge < -0.3 is 0 Å². The van der Waals surface area contributed by atoms with Gasteiger partial charge in [-0.3, -0.25) is 9.15 Å². The molecule has 0 unspecified atom stereocenters. The van der Waals surface area contributed by atoms with E-state index in [9.17, 15) is 9.59 Å². The summed E-state index contributed by atoms with van der Waals surface area (Å²) in [5.74, 6) is -1.54. The maximum Gasteiger partial charge on any atom is 0.390 e. The molecule has 148 valence electrons. The molecule has 28 heavy (non-hydrogen) atoms. The van der Waals surface area contributed by atoms with Crippen molar-refractivity contribution < 1.29 is 28.5 Å². The van der Waals surface area contributed by atoms with Gasteiger partial charge in [-0.1, -0.05) is 51.0 Å². The average Bonchev–Trinajstić information content (AvgIpc) is 2.60. The summed E-state index contributed by atoms with van der Waals surface area (Å²) in [5.41, 5.74) is 3.80. The van der Waals surface area contributed by atoms with E-state index in [1.165, 1.54) is 6.07 Å². The minimum absolute atomic E-state index is 0.134. The molecule has 2 aromatic carbocycles. The SMILES string of the molecule is CCCC(C)(C)c1cc(C)ccc1C(=O)OOC(=O)c1ccc(C)c2ooc12. The van der Waals surface area contributed by atoms with E-state index >= 15 is 0 Å². The first-order valence-corrected chi connectivity index (χ1v) is 9.27. The molecule has 0 radical (unpaired) electrons. The van der Waals surface area contributed by atoms with Gasteiger partial charge in [0, 0.05) is 5.56 Å². The van der Waals surface area contributed by atoms with Crippen LogP contribution in [-0.2, 0) is 15.2 Å². The van der Waals surface area contributed by atoms with E-state index in [0.29, 0.717) is 11.1 Å². The van der Waals surface area contributed by atoms with Crippen LogP contribution in [0.2, 0.25) is 0 Å². The standard InChI is InChI=1S/C22H24O6/c1-6-11-22(4,5)17-12-13(2)7-9-15(17)20(23)27-28-21(24)16-10-8-14(3)18-19(16)26-25-18/h7-10,12H,6,11H2,1-5H3. The van der Waals surface area contributed by atoms with Gasteiger partial charge in [0.15, 0.2) is 0 Å². The lowest BCUT2D eigenvalue weighted by molar-refractivity contribution is -0.187. The first kappa shape index (κ1) is 19.7. The van der Waals surface area contributed by atoms with E-state index in [1.807, 2.05) is 26.0 Å². The van der Waals surface area contributed by atoms with Crippen LogP contribution in [0.1, 0.15) is 71.0 Å². The fourth-order valence-electron chi connectivity index (χ4n) is 3.38. The number of carbonyl (C=O) groups excluding carboxylic acids is 2. The molecule has 0 aliphatic carbocycles. The second-order valence-corrected chi connectivity index (χ2v) is 7.68. The third-order valence-electron chi connectivity index (χ3n) is 4.93. The van der Waals surface area contributed by atoms with Crippen molar-refractivity contribution in [3.8, 4) is 0 Å². The highest BCUT2D eigenvalue weighted by Gasteiger charge is 2.28. The zero-order valence-corrected chi connectivity index (χ0v) is 16.8. The topological polar surface area (TPSA) is 78.9 Å². The second-order valence-electron chi connectivity index (χ2n) is 7.68. The molecule has 1 heterocycles. The third-order valence-corrected chi connectivity index (χ3v) is 4.93. The van der Waals surface area contributed by atoms with E-state index < -0.39 is 11.9 Å². The monoisotopic (exact) mass is 384 g/mol. The number of benzene rings is 2. The van der Waals surface area contributed by atoms with E-state index in [0.717, 1.165) is 29.5 Å². The van der Waals surface area contributed by atoms with Gasteiger partial charge >= 0.3 is 11.9 Å². The molecule has 0 fully saturated rings. The predicted molar refractivity (Wildman–Crippen MR) is 103 cm³/mol. The summed E-state index contributed by atoms with van der Waals surface area (Å²) < 4.78 is 9.73. The normalized spacial score (nSPS) is 11.6. The number of fused-ring (bicyclic) bond motifs is 1. The van der Waals surface area contributed by atoms with Crippen LogP contribution in [-0.4, -0.2) is 11.9 Å². The smallest absolute Gasteiger partial charge is 0.285 e. The van der Waals surface area contributed by atoms with Crippen LogP contribution < -0.4 is 0 Å². The maximum absolute atomic E-state index is 12.6. The van der Waals surface area contributed by atoms with Crippen LogP contribution >= 0.6 is 0 Å². The van der Waals surface area contributed by atoms with Gasteiger partial charge in [-0.15, -0.1) is 0 Å². The lowest BCUT2D eigenvalue weighted by Crippen LogP contribution is -2.22. The number of aryl methyl sites for hydroxylation is 2. The number of carbonyl (C=O) groups is 2. The van der Waals surface area contributed by atoms with Crippen molar-refractivity contribution >= 4 is 23.1 Å². The Kier molecular flexibility index (Phi) is 5.31. The zero-order chi connectivity index (χ0) is 20.5. The van der Waals surface area contributed by atoms with Gasteiger partial charge in [-0.2, -0.15) is 0 Å². The fourth-order valence-corrected chi connectivity index (χ4v) is 3.38. The molecular weight excluding hydrogens is 360 g/mol. The minimum Gasteiger partial charge on any atom is -0.285 e. The summed E-state index contributed by atoms with van der Waals surface area (Å²) >= 11 is 0. The van der Waals surface area contributed by atoms with Crippen molar-refractivity contribution in [2.24, 2.45) is 0 Å². The van der Waals surface area contributed by atoms with Gasteiger partial charge in [0.25, 0.3) is 0 Å². The molecule has 0 aliphatic heterocycles. The Balaban J connectivity index is 1.79. The molecule has 3 rings (SSSR count). The Labute approximate surface area is 163 Å². The number of hydrogen-bond donors (Lipinski definition) is 0. The largest absolute Gasteiger partial charge is 0.390 e. The molecule has 1 aromatic heterocycles. The fraction of sp³-hybridized carbons (Fsp3) is 0.364. The average molecular weight is 384 g/mol. The maximum atomic E-state index is 12.6. The molecule has 0 atom stereocenters. The first-order chi connectivity index (χ1) is 13.2. The summed E-state index contributed by atoms with van der Waals surface area (Å²) in [5, 5.41) is 0. The molecule has 0 N–H and O–H groups in total. The molecule has 0 bridgehead atoms. The Morgan fingerprint density at radius 2 is 1.54 bits per heavy atom. The molecule has 0 amide bonds. The molecule has 0 aliphatic rings. The van der Waals surface area contributed by atoms with Gasteiger partial charge in [0.05, 0.1) is 5.56 Å². The summed E-state index contributed by atoms with van der Waals surface area (Å²) in [6.07, 6.45) is 1.88. The van der Waals surface area contributed by atoms with Crippen LogP contribution in [0.3, 0.4) is 0 Å². The summed E-state index contributed by atoms with van der Waals surface area (Å²) in [6, 6.07) is 8.74. The van der Waals surface area contributed by atoms with Crippen LogP contribution in [0.25, 0.3) is 11.2 Å². The van der Waals surface area contributed by atoms with Gasteiger partial charge in [-0.05, 0) is 43.4 Å². The van der Waals surface area contributed by atoms with Crippen molar-refractivity contribution in [1.29, 1.82) is 0 Å². The van der Waals surface area contributed by atoms with E-state index in [-0.39, 0.29) is 16.6 Å². The highest BCUT2D eigenvalue weighted by molar-refractivity contribution is 6.01. The Morgan fingerprint density at radius 1 is 0.929 bits per heavy atom. The lowest BCUT2D eigenvalue weighted by Gasteiger charge is -2.27. The van der Waals surface area contributed by atoms with Crippen molar-refractivity contribution in [1.82, 2.24) is 0 Å². The molecule has 0 spiro atoms. The molecule has 3 aromatic rings. The highest BCUT2D eigenvalue weighted by atomic mass is 17.2. The van der Waals surface area contributed by atoms with Gasteiger partial charge in [0.1, 0.15) is 5.56 Å². The van der Waals surface area contributed by atoms with Crippen LogP contribution in [0, 0.1) is 13.8 Å². The molecular formula is C22H24O6. The summed E-state index contributed by atoms with van der Waals surface area (Å²) in [6.45, 7) is 10.1. The Morgan fingerprint density at radius 3 is 2.14 bits per heavy atom. The van der Waals surface area contributed by atoms with Crippen molar-refractivity contribution in [2.45, 2.75) is 52.9 Å². The minimum atomic E-state index is -0.825. The van der Waals surface area contributed by atoms with Gasteiger partial charge in [0.2, 0.25) is 11.2 Å². The summed E-state index contributed by atoms with van der Waals surface area (Å²) in [4.78, 5) is 34.6. The van der Waals surface area contributed by atoms with Crippen LogP contribution in [0.4, 0.5) is 0 Å². The number of hydrogen-bond acceptors (Lipinski definition) is 6. The zero-order valence-electron chi connectivity index (χ0n) is 16.8. The van der Waals surface area contributed by atoms with Crippen molar-refractivity contribution in [3.63, 3.8) is 0 Å². The summed E-state index contributed by atoms with van der Waals surface area (Å²) in [7, 11) is 0. The van der Waals surface area contributed by atoms with E-state index in [2.05, 4.69) is 20.8 Å². The second kappa shape index (κ2) is 7.54. The van der Waals surface area contributed by atoms with E-state index in [1.54, 1.807) is 12.1 Å². The van der Waals surface area contributed by atoms with Gasteiger partial charge in [-0.25, -0.2) is 19.4 Å². The highest BCUT2D eigenvalue weighted by Crippen LogP contribution is 2.32. The van der Waals surface area contributed by atoms with E-state index in [4.69, 9.17) is 18.9 Å².